The van der Waals surface area contributed by atoms with Gasteiger partial charge in [-0.2, -0.15) is 0 Å². The van der Waals surface area contributed by atoms with E-state index in [1.807, 2.05) is 48.5 Å². The van der Waals surface area contributed by atoms with Crippen molar-refractivity contribution in [1.82, 2.24) is 0 Å². The molecule has 3 heteroatoms. The van der Waals surface area contributed by atoms with Crippen molar-refractivity contribution < 1.29 is 9.47 Å². The Hall–Kier alpha value is -1.67. The van der Waals surface area contributed by atoms with E-state index in [1.54, 1.807) is 0 Å². The molecule has 0 unspecified atom stereocenters. The first-order valence-corrected chi connectivity index (χ1v) is 5.85. The van der Waals surface area contributed by atoms with E-state index in [-0.39, 0.29) is 6.10 Å². The summed E-state index contributed by atoms with van der Waals surface area (Å²) in [6.45, 7) is 0.526. The molecule has 2 aromatic carbocycles. The first-order valence-electron chi connectivity index (χ1n) is 5.47. The van der Waals surface area contributed by atoms with Crippen molar-refractivity contribution in [2.75, 3.05) is 6.61 Å². The molecule has 0 saturated heterocycles. The lowest BCUT2D eigenvalue weighted by atomic mass is 10.1. The SMILES string of the molecule is Clc1ccc([C@@H]2COc3ccccc3O2)cc1. The molecule has 2 nitrogen and oxygen atoms in total. The first-order chi connectivity index (χ1) is 8.33. The van der Waals surface area contributed by atoms with Crippen molar-refractivity contribution >= 4 is 11.6 Å². The molecule has 1 aliphatic heterocycles. The predicted octanol–water partition coefficient (Wildman–Crippen LogP) is 3.85. The summed E-state index contributed by atoms with van der Waals surface area (Å²) < 4.78 is 11.6. The second kappa shape index (κ2) is 4.30. The first kappa shape index (κ1) is 10.5. The van der Waals surface area contributed by atoms with Gasteiger partial charge < -0.3 is 9.47 Å². The Morgan fingerprint density at radius 2 is 1.65 bits per heavy atom. The predicted molar refractivity (Wildman–Crippen MR) is 66.8 cm³/mol. The van der Waals surface area contributed by atoms with Gasteiger partial charge in [0.25, 0.3) is 0 Å². The average Bonchev–Trinajstić information content (AvgIpc) is 2.39. The molecule has 1 atom stereocenters. The zero-order valence-corrected chi connectivity index (χ0v) is 9.85. The molecule has 0 bridgehead atoms. The van der Waals surface area contributed by atoms with E-state index in [1.165, 1.54) is 0 Å². The Morgan fingerprint density at radius 3 is 2.41 bits per heavy atom. The van der Waals surface area contributed by atoms with Crippen LogP contribution in [-0.2, 0) is 0 Å². The van der Waals surface area contributed by atoms with Gasteiger partial charge in [-0.05, 0) is 29.8 Å². The maximum absolute atomic E-state index is 5.89. The van der Waals surface area contributed by atoms with E-state index in [4.69, 9.17) is 21.1 Å². The highest BCUT2D eigenvalue weighted by atomic mass is 35.5. The number of para-hydroxylation sites is 2. The molecule has 2 aromatic rings. The summed E-state index contributed by atoms with van der Waals surface area (Å²) in [6, 6.07) is 15.3. The molecule has 0 spiro atoms. The van der Waals surface area contributed by atoms with Crippen molar-refractivity contribution in [3.63, 3.8) is 0 Å². The molecular formula is C14H11ClO2. The molecule has 0 aliphatic carbocycles. The minimum absolute atomic E-state index is 0.0674. The molecule has 1 aliphatic rings. The van der Waals surface area contributed by atoms with Gasteiger partial charge in [0, 0.05) is 5.02 Å². The van der Waals surface area contributed by atoms with Gasteiger partial charge in [0.05, 0.1) is 0 Å². The van der Waals surface area contributed by atoms with E-state index < -0.39 is 0 Å². The van der Waals surface area contributed by atoms with Gasteiger partial charge >= 0.3 is 0 Å². The Morgan fingerprint density at radius 1 is 0.941 bits per heavy atom. The standard InChI is InChI=1S/C14H11ClO2/c15-11-7-5-10(6-8-11)14-9-16-12-3-1-2-4-13(12)17-14/h1-8,14H,9H2/t14-/m0/s1. The maximum Gasteiger partial charge on any atom is 0.162 e. The Bertz CT molecular complexity index is 522. The minimum atomic E-state index is -0.0674. The van der Waals surface area contributed by atoms with Crippen LogP contribution in [0.1, 0.15) is 11.7 Å². The smallest absolute Gasteiger partial charge is 0.162 e. The fourth-order valence-corrected chi connectivity index (χ4v) is 1.99. The molecule has 17 heavy (non-hydrogen) atoms. The molecule has 0 aromatic heterocycles. The van der Waals surface area contributed by atoms with Crippen molar-refractivity contribution in [1.29, 1.82) is 0 Å². The Kier molecular flexibility index (Phi) is 2.65. The molecule has 86 valence electrons. The summed E-state index contributed by atoms with van der Waals surface area (Å²) in [7, 11) is 0. The van der Waals surface area contributed by atoms with Crippen molar-refractivity contribution in [3.05, 3.63) is 59.1 Å². The van der Waals surface area contributed by atoms with Crippen molar-refractivity contribution in [2.24, 2.45) is 0 Å². The molecule has 0 fully saturated rings. The van der Waals surface area contributed by atoms with Gasteiger partial charge in [-0.25, -0.2) is 0 Å². The summed E-state index contributed by atoms with van der Waals surface area (Å²) in [5, 5.41) is 0.728. The van der Waals surface area contributed by atoms with Gasteiger partial charge in [-0.15, -0.1) is 0 Å². The maximum atomic E-state index is 5.89. The van der Waals surface area contributed by atoms with Gasteiger partial charge in [0.1, 0.15) is 6.61 Å². The highest BCUT2D eigenvalue weighted by Crippen LogP contribution is 2.35. The second-order valence-corrected chi connectivity index (χ2v) is 4.35. The lowest BCUT2D eigenvalue weighted by Crippen LogP contribution is -2.21. The van der Waals surface area contributed by atoms with Gasteiger partial charge in [-0.1, -0.05) is 35.9 Å². The van der Waals surface area contributed by atoms with E-state index in [2.05, 4.69) is 0 Å². The Labute approximate surface area is 105 Å². The third kappa shape index (κ3) is 2.08. The van der Waals surface area contributed by atoms with Gasteiger partial charge in [-0.3, -0.25) is 0 Å². The average molecular weight is 247 g/mol. The quantitative estimate of drug-likeness (QED) is 0.761. The van der Waals surface area contributed by atoms with E-state index in [9.17, 15) is 0 Å². The summed E-state index contributed by atoms with van der Waals surface area (Å²) in [5.41, 5.74) is 1.07. The van der Waals surface area contributed by atoms with Crippen LogP contribution in [0.3, 0.4) is 0 Å². The van der Waals surface area contributed by atoms with Crippen molar-refractivity contribution in [3.8, 4) is 11.5 Å². The molecule has 0 saturated carbocycles. The lowest BCUT2D eigenvalue weighted by molar-refractivity contribution is 0.0913. The number of rotatable bonds is 1. The molecular weight excluding hydrogens is 236 g/mol. The van der Waals surface area contributed by atoms with E-state index in [0.717, 1.165) is 22.1 Å². The zero-order valence-electron chi connectivity index (χ0n) is 9.10. The molecule has 3 rings (SSSR count). The highest BCUT2D eigenvalue weighted by Gasteiger charge is 2.21. The molecule has 1 heterocycles. The van der Waals surface area contributed by atoms with Gasteiger partial charge in [0.2, 0.25) is 0 Å². The number of hydrogen-bond acceptors (Lipinski definition) is 2. The monoisotopic (exact) mass is 246 g/mol. The number of benzene rings is 2. The van der Waals surface area contributed by atoms with Crippen LogP contribution in [0.15, 0.2) is 48.5 Å². The minimum Gasteiger partial charge on any atom is -0.485 e. The van der Waals surface area contributed by atoms with Crippen LogP contribution in [0.4, 0.5) is 0 Å². The normalized spacial score (nSPS) is 17.8. The van der Waals surface area contributed by atoms with Crippen LogP contribution >= 0.6 is 11.6 Å². The molecule has 0 amide bonds. The zero-order chi connectivity index (χ0) is 11.7. The summed E-state index contributed by atoms with van der Waals surface area (Å²) in [4.78, 5) is 0. The number of fused-ring (bicyclic) bond motifs is 1. The number of hydrogen-bond donors (Lipinski definition) is 0. The summed E-state index contributed by atoms with van der Waals surface area (Å²) in [5.74, 6) is 1.59. The number of halogens is 1. The van der Waals surface area contributed by atoms with Crippen LogP contribution in [0.2, 0.25) is 5.02 Å². The third-order valence-corrected chi connectivity index (χ3v) is 3.00. The third-order valence-electron chi connectivity index (χ3n) is 2.75. The van der Waals surface area contributed by atoms with Crippen LogP contribution in [0, 0.1) is 0 Å². The second-order valence-electron chi connectivity index (χ2n) is 3.92. The van der Waals surface area contributed by atoms with E-state index >= 15 is 0 Å². The fourth-order valence-electron chi connectivity index (χ4n) is 1.86. The fraction of sp³-hybridized carbons (Fsp3) is 0.143. The topological polar surface area (TPSA) is 18.5 Å². The van der Waals surface area contributed by atoms with Crippen LogP contribution < -0.4 is 9.47 Å². The van der Waals surface area contributed by atoms with Crippen LogP contribution in [0.25, 0.3) is 0 Å². The molecule has 0 radical (unpaired) electrons. The lowest BCUT2D eigenvalue weighted by Gasteiger charge is -2.26. The summed E-state index contributed by atoms with van der Waals surface area (Å²) >= 11 is 5.86. The van der Waals surface area contributed by atoms with E-state index in [0.29, 0.717) is 6.61 Å². The van der Waals surface area contributed by atoms with Crippen LogP contribution in [0.5, 0.6) is 11.5 Å². The molecule has 0 N–H and O–H groups in total. The Balaban J connectivity index is 1.86. The van der Waals surface area contributed by atoms with Crippen LogP contribution in [-0.4, -0.2) is 6.61 Å². The van der Waals surface area contributed by atoms with Crippen molar-refractivity contribution in [2.45, 2.75) is 6.10 Å². The number of ether oxygens (including phenoxy) is 2. The largest absolute Gasteiger partial charge is 0.485 e. The summed E-state index contributed by atoms with van der Waals surface area (Å²) in [6.07, 6.45) is -0.0674. The highest BCUT2D eigenvalue weighted by molar-refractivity contribution is 6.30. The van der Waals surface area contributed by atoms with Gasteiger partial charge in [0.15, 0.2) is 17.6 Å².